The number of nitrogens with zero attached hydrogens (tertiary/aromatic N) is 5. The molecule has 196 valence electrons. The summed E-state index contributed by atoms with van der Waals surface area (Å²) in [5, 5.41) is 10.6. The van der Waals surface area contributed by atoms with Crippen LogP contribution in [0.1, 0.15) is 34.6 Å². The van der Waals surface area contributed by atoms with Crippen molar-refractivity contribution in [1.29, 1.82) is 5.26 Å². The maximum atomic E-state index is 13.4. The van der Waals surface area contributed by atoms with Crippen molar-refractivity contribution in [2.75, 3.05) is 18.0 Å². The Morgan fingerprint density at radius 2 is 1.90 bits per heavy atom. The summed E-state index contributed by atoms with van der Waals surface area (Å²) in [6.45, 7) is 1.02. The van der Waals surface area contributed by atoms with Crippen molar-refractivity contribution in [2.24, 2.45) is 0 Å². The first-order valence-electron chi connectivity index (χ1n) is 12.1. The summed E-state index contributed by atoms with van der Waals surface area (Å²) < 4.78 is 15.9. The fraction of sp³-hybridized carbons (Fsp3) is 0.192. The molecular weight excluding hydrogens is 521 g/mol. The Morgan fingerprint density at radius 3 is 2.67 bits per heavy atom. The molecular formula is C26H22N7O5P. The van der Waals surface area contributed by atoms with Crippen molar-refractivity contribution in [3.8, 4) is 17.2 Å². The number of piperidine rings is 1. The number of aromatic amines is 2. The molecule has 12 nitrogen and oxygen atoms in total. The van der Waals surface area contributed by atoms with Crippen molar-refractivity contribution in [3.63, 3.8) is 0 Å². The summed E-state index contributed by atoms with van der Waals surface area (Å²) >= 11 is 0. The summed E-state index contributed by atoms with van der Waals surface area (Å²) in [4.78, 5) is 53.0. The summed E-state index contributed by atoms with van der Waals surface area (Å²) in [6.07, 6.45) is 5.55. The number of benzene rings is 1. The van der Waals surface area contributed by atoms with Gasteiger partial charge < -0.3 is 24.7 Å². The molecule has 5 aromatic rings. The van der Waals surface area contributed by atoms with Crippen molar-refractivity contribution >= 4 is 41.5 Å². The Balaban J connectivity index is 1.27. The van der Waals surface area contributed by atoms with E-state index in [2.05, 4.69) is 31.0 Å². The van der Waals surface area contributed by atoms with E-state index in [-0.39, 0.29) is 11.6 Å². The molecule has 1 aromatic carbocycles. The fourth-order valence-electron chi connectivity index (χ4n) is 4.89. The summed E-state index contributed by atoms with van der Waals surface area (Å²) in [6, 6.07) is 12.6. The van der Waals surface area contributed by atoms with Gasteiger partial charge in [-0.3, -0.25) is 14.3 Å². The van der Waals surface area contributed by atoms with E-state index in [0.29, 0.717) is 59.6 Å². The molecule has 0 saturated carbocycles. The Labute approximate surface area is 221 Å². The molecule has 13 heteroatoms. The smallest absolute Gasteiger partial charge is 0.360 e. The van der Waals surface area contributed by atoms with Gasteiger partial charge in [0.25, 0.3) is 0 Å². The molecule has 0 aliphatic carbocycles. The second kappa shape index (κ2) is 9.72. The number of ketones is 1. The van der Waals surface area contributed by atoms with Gasteiger partial charge in [-0.1, -0.05) is 0 Å². The minimum Gasteiger partial charge on any atom is -0.360 e. The van der Waals surface area contributed by atoms with Gasteiger partial charge in [0.2, 0.25) is 5.78 Å². The number of hydrogen-bond donors (Lipinski definition) is 4. The third kappa shape index (κ3) is 4.92. The number of H-pyrrole nitrogens is 2. The molecule has 1 saturated heterocycles. The number of anilines is 1. The first-order valence-corrected chi connectivity index (χ1v) is 13.7. The molecule has 1 aliphatic heterocycles. The summed E-state index contributed by atoms with van der Waals surface area (Å²) in [7, 11) is -4.52. The van der Waals surface area contributed by atoms with Crippen LogP contribution in [0.3, 0.4) is 0 Å². The Bertz CT molecular complexity index is 1810. The van der Waals surface area contributed by atoms with Gasteiger partial charge in [0.05, 0.1) is 35.0 Å². The van der Waals surface area contributed by atoms with Crippen LogP contribution >= 0.6 is 7.82 Å². The normalized spacial score (nSPS) is 14.6. The molecule has 6 rings (SSSR count). The number of nitrogens with one attached hydrogen (secondary N) is 2. The van der Waals surface area contributed by atoms with Crippen LogP contribution in [0, 0.1) is 11.3 Å². The average molecular weight is 543 g/mol. The zero-order valence-electron chi connectivity index (χ0n) is 20.4. The monoisotopic (exact) mass is 543 g/mol. The number of carbonyl (C=O) groups is 1. The number of imidazole rings is 1. The molecule has 39 heavy (non-hydrogen) atoms. The predicted molar refractivity (Wildman–Crippen MR) is 142 cm³/mol. The first-order chi connectivity index (χ1) is 18.8. The number of hydrogen-bond acceptors (Lipinski definition) is 8. The van der Waals surface area contributed by atoms with Crippen molar-refractivity contribution < 1.29 is 23.7 Å². The van der Waals surface area contributed by atoms with E-state index in [1.165, 1.54) is 0 Å². The Hall–Kier alpha value is -4.40. The van der Waals surface area contributed by atoms with Crippen molar-refractivity contribution in [3.05, 3.63) is 71.9 Å². The SMILES string of the molecule is N#Cc1ccc(C(=O)c2nc3nc(N4CCC(OP(=O)(O)O)CC4)ccc3[nH]2)cc1-c1cncc2[nH]ccc12. The van der Waals surface area contributed by atoms with Gasteiger partial charge in [0, 0.05) is 47.6 Å². The zero-order chi connectivity index (χ0) is 27.1. The van der Waals surface area contributed by atoms with Crippen LogP contribution in [0.5, 0.6) is 0 Å². The van der Waals surface area contributed by atoms with Gasteiger partial charge >= 0.3 is 7.82 Å². The van der Waals surface area contributed by atoms with Crippen molar-refractivity contribution in [1.82, 2.24) is 24.9 Å². The second-order valence-electron chi connectivity index (χ2n) is 9.24. The van der Waals surface area contributed by atoms with Gasteiger partial charge in [0.1, 0.15) is 5.82 Å². The molecule has 0 atom stereocenters. The lowest BCUT2D eigenvalue weighted by Gasteiger charge is -2.32. The number of phosphoric acid groups is 1. The van der Waals surface area contributed by atoms with Gasteiger partial charge in [-0.25, -0.2) is 14.5 Å². The van der Waals surface area contributed by atoms with Crippen LogP contribution < -0.4 is 4.90 Å². The van der Waals surface area contributed by atoms with Gasteiger partial charge in [-0.05, 0) is 49.2 Å². The van der Waals surface area contributed by atoms with E-state index < -0.39 is 13.9 Å². The van der Waals surface area contributed by atoms with E-state index in [1.54, 1.807) is 42.9 Å². The van der Waals surface area contributed by atoms with E-state index in [1.807, 2.05) is 17.0 Å². The first kappa shape index (κ1) is 24.9. The Morgan fingerprint density at radius 1 is 1.08 bits per heavy atom. The molecule has 1 aliphatic rings. The minimum atomic E-state index is -4.52. The molecule has 5 heterocycles. The van der Waals surface area contributed by atoms with Crippen molar-refractivity contribution in [2.45, 2.75) is 18.9 Å². The maximum Gasteiger partial charge on any atom is 0.469 e. The number of aromatic nitrogens is 5. The highest BCUT2D eigenvalue weighted by atomic mass is 31.2. The van der Waals surface area contributed by atoms with Crippen LogP contribution in [0.2, 0.25) is 0 Å². The lowest BCUT2D eigenvalue weighted by molar-refractivity contribution is 0.102. The highest BCUT2D eigenvalue weighted by Gasteiger charge is 2.27. The van der Waals surface area contributed by atoms with E-state index in [9.17, 15) is 14.6 Å². The average Bonchev–Trinajstić information content (AvgIpc) is 3.58. The predicted octanol–water partition coefficient (Wildman–Crippen LogP) is 3.68. The second-order valence-corrected chi connectivity index (χ2v) is 10.4. The number of rotatable bonds is 6. The highest BCUT2D eigenvalue weighted by molar-refractivity contribution is 7.46. The molecule has 4 aromatic heterocycles. The third-order valence-electron chi connectivity index (χ3n) is 6.77. The highest BCUT2D eigenvalue weighted by Crippen LogP contribution is 2.40. The fourth-order valence-corrected chi connectivity index (χ4v) is 5.49. The maximum absolute atomic E-state index is 13.4. The molecule has 0 spiro atoms. The lowest BCUT2D eigenvalue weighted by atomic mass is 9.95. The largest absolute Gasteiger partial charge is 0.469 e. The van der Waals surface area contributed by atoms with E-state index in [4.69, 9.17) is 14.3 Å². The number of carbonyl (C=O) groups excluding carboxylic acids is 1. The molecule has 0 bridgehead atoms. The van der Waals surface area contributed by atoms with Crippen LogP contribution in [-0.4, -0.2) is 59.7 Å². The number of nitriles is 1. The topological polar surface area (TPSA) is 181 Å². The number of phosphoric ester groups is 1. The van der Waals surface area contributed by atoms with Crippen LogP contribution in [-0.2, 0) is 9.09 Å². The summed E-state index contributed by atoms with van der Waals surface area (Å²) in [5.74, 6) is 0.428. The number of pyridine rings is 2. The van der Waals surface area contributed by atoms with Crippen LogP contribution in [0.4, 0.5) is 5.82 Å². The zero-order valence-corrected chi connectivity index (χ0v) is 21.3. The Kier molecular flexibility index (Phi) is 6.21. The molecule has 1 fully saturated rings. The van der Waals surface area contributed by atoms with Gasteiger partial charge in [0.15, 0.2) is 11.5 Å². The van der Waals surface area contributed by atoms with E-state index >= 15 is 0 Å². The minimum absolute atomic E-state index is 0.122. The van der Waals surface area contributed by atoms with Crippen LogP contribution in [0.15, 0.2) is 55.0 Å². The van der Waals surface area contributed by atoms with Gasteiger partial charge in [-0.2, -0.15) is 5.26 Å². The quantitative estimate of drug-likeness (QED) is 0.182. The molecule has 0 unspecified atom stereocenters. The van der Waals surface area contributed by atoms with Crippen LogP contribution in [0.25, 0.3) is 33.2 Å². The van der Waals surface area contributed by atoms with Gasteiger partial charge in [-0.15, -0.1) is 0 Å². The van der Waals surface area contributed by atoms with E-state index in [0.717, 1.165) is 16.5 Å². The lowest BCUT2D eigenvalue weighted by Crippen LogP contribution is -2.37. The molecule has 0 radical (unpaired) electrons. The summed E-state index contributed by atoms with van der Waals surface area (Å²) in [5.41, 5.74) is 3.92. The number of fused-ring (bicyclic) bond motifs is 2. The molecule has 0 amide bonds. The standard InChI is InChI=1S/C26H22N7O5P/c27-12-16-2-1-15(11-19(16)20-13-28-14-22-18(20)5-8-29-22)24(34)26-30-21-3-4-23(31-25(21)32-26)33-9-6-17(7-10-33)38-39(35,36)37/h1-5,8,11,13-14,17,29H,6-7,9-10H2,(H,30,31,32)(H2,35,36,37). The molecule has 4 N–H and O–H groups in total. The third-order valence-corrected chi connectivity index (χ3v) is 7.34.